The van der Waals surface area contributed by atoms with Gasteiger partial charge in [0.1, 0.15) is 0 Å². The van der Waals surface area contributed by atoms with Crippen molar-refractivity contribution < 1.29 is 45.0 Å². The molecule has 0 heterocycles. The predicted octanol–water partition coefficient (Wildman–Crippen LogP) is -0.284. The van der Waals surface area contributed by atoms with Crippen LogP contribution in [0.2, 0.25) is 0 Å². The van der Waals surface area contributed by atoms with Gasteiger partial charge in [-0.05, 0) is 0 Å². The molecule has 0 aliphatic rings. The zero-order valence-electron chi connectivity index (χ0n) is 7.29. The summed E-state index contributed by atoms with van der Waals surface area (Å²) in [5, 5.41) is 20.3. The van der Waals surface area contributed by atoms with E-state index in [0.29, 0.717) is 19.4 Å². The zero-order chi connectivity index (χ0) is 12.9. The van der Waals surface area contributed by atoms with Gasteiger partial charge in [0.05, 0.1) is 0 Å². The van der Waals surface area contributed by atoms with Gasteiger partial charge < -0.3 is 29.7 Å². The van der Waals surface area contributed by atoms with Gasteiger partial charge in [-0.25, -0.2) is 0 Å². The van der Waals surface area contributed by atoms with Crippen LogP contribution >= 0.6 is 0 Å². The van der Waals surface area contributed by atoms with E-state index in [1.165, 1.54) is 6.08 Å². The first-order valence-corrected chi connectivity index (χ1v) is 3.41. The molecular weight excluding hydrogens is 251 g/mol. The molecule has 0 aliphatic carbocycles. The van der Waals surface area contributed by atoms with E-state index in [4.69, 9.17) is 36.3 Å². The van der Waals surface area contributed by atoms with Crippen LogP contribution in [0.15, 0.2) is 18.2 Å². The third kappa shape index (κ3) is 806. The van der Waals surface area contributed by atoms with Gasteiger partial charge in [0, 0.05) is 0 Å². The number of rotatable bonds is 2. The van der Waals surface area contributed by atoms with Crippen molar-refractivity contribution in [2.75, 3.05) is 0 Å². The molecule has 0 aromatic rings. The fraction of sp³-hybridized carbons (Fsp3) is 0. The molecule has 0 aromatic heterocycles. The van der Waals surface area contributed by atoms with Gasteiger partial charge in [0.2, 0.25) is 0 Å². The molecule has 0 bridgehead atoms. The summed E-state index contributed by atoms with van der Waals surface area (Å²) in [7, 11) is 0. The molecule has 0 unspecified atom stereocenters. The standard InChI is InChI=1S/C5H5.3CHO2.Co/c1-3-5-4-2;3*2-1-3;/h1-5H;3*(H,2,3);/q4*-1;/b5-3-;;;;. The Labute approximate surface area is 94.7 Å². The predicted molar refractivity (Wildman–Crippen MR) is 49.0 cm³/mol. The summed E-state index contributed by atoms with van der Waals surface area (Å²) < 4.78 is 0. The first kappa shape index (κ1) is 23.2. The van der Waals surface area contributed by atoms with Gasteiger partial charge in [-0.2, -0.15) is 0 Å². The molecule has 89 valence electrons. The zero-order valence-corrected chi connectivity index (χ0v) is 8.33. The van der Waals surface area contributed by atoms with E-state index in [0.717, 1.165) is 0 Å². The molecule has 3 N–H and O–H groups in total. The Bertz CT molecular complexity index is 154. The van der Waals surface area contributed by atoms with Gasteiger partial charge in [-0.15, -0.1) is 0 Å². The molecule has 0 aliphatic heterocycles. The molecular formula is C8H8CoO6-4. The molecule has 0 saturated heterocycles. The van der Waals surface area contributed by atoms with Crippen molar-refractivity contribution in [3.8, 4) is 0 Å². The van der Waals surface area contributed by atoms with Gasteiger partial charge in [-0.3, -0.25) is 0 Å². The van der Waals surface area contributed by atoms with Crippen molar-refractivity contribution >= 4 is 24.4 Å². The van der Waals surface area contributed by atoms with E-state index in [1.807, 2.05) is 0 Å². The van der Waals surface area contributed by atoms with E-state index in [-0.39, 0.29) is 0 Å². The van der Waals surface area contributed by atoms with Gasteiger partial charge in [-0.1, -0.05) is 19.4 Å². The first-order chi connectivity index (χ1) is 7.16. The topological polar surface area (TPSA) is 112 Å². The minimum atomic E-state index is 0.500. The number of hydrogen-bond donors (Lipinski definition) is 3. The van der Waals surface area contributed by atoms with Crippen LogP contribution in [0.3, 0.4) is 0 Å². The molecule has 0 spiro atoms. The fourth-order valence-corrected chi connectivity index (χ4v) is 0.217. The minimum absolute atomic E-state index is 0.500. The van der Waals surface area contributed by atoms with Crippen LogP contribution in [0.1, 0.15) is 0 Å². The van der Waals surface area contributed by atoms with Gasteiger partial charge in [0.15, 0.2) is 0 Å². The summed E-state index contributed by atoms with van der Waals surface area (Å²) in [5.41, 5.74) is 0. The average Bonchev–Trinajstić information content (AvgIpc) is 2.18. The Balaban J connectivity index is -0.0000000581. The third-order valence-electron chi connectivity index (χ3n) is 0.286. The molecule has 0 saturated carbocycles. The monoisotopic (exact) mass is 259 g/mol. The Hall–Kier alpha value is -1.73. The molecule has 0 radical (unpaired) electrons. The molecule has 0 rings (SSSR count). The normalized spacial score (nSPS) is 5.93. The Kier molecular flexibility index (Phi) is 87.0. The Morgan fingerprint density at radius 3 is 1.27 bits per heavy atom. The fourth-order valence-electron chi connectivity index (χ4n) is 0.101. The van der Waals surface area contributed by atoms with Crippen LogP contribution in [0.4, 0.5) is 0 Å². The van der Waals surface area contributed by atoms with Crippen molar-refractivity contribution in [3.63, 3.8) is 0 Å². The van der Waals surface area contributed by atoms with E-state index >= 15 is 0 Å². The summed E-state index contributed by atoms with van der Waals surface area (Å²) in [6.07, 6.45) is 4.89. The van der Waals surface area contributed by atoms with Gasteiger partial charge in [0.25, 0.3) is 0 Å². The molecule has 0 amide bonds. The van der Waals surface area contributed by atoms with E-state index in [9.17, 15) is 0 Å². The third-order valence-corrected chi connectivity index (χ3v) is 0.487. The summed E-state index contributed by atoms with van der Waals surface area (Å²) in [5.74, 6) is 0. The Morgan fingerprint density at radius 2 is 1.20 bits per heavy atom. The Morgan fingerprint density at radius 1 is 0.933 bits per heavy atom. The van der Waals surface area contributed by atoms with Crippen LogP contribution < -0.4 is 0 Å². The second-order valence-corrected chi connectivity index (χ2v) is 1.31. The van der Waals surface area contributed by atoms with Crippen LogP contribution in [0, 0.1) is 6.58 Å². The molecule has 0 fully saturated rings. The summed E-state index contributed by atoms with van der Waals surface area (Å²) in [4.78, 5) is 26.3. The number of hydrogen-bond acceptors (Lipinski definition) is 3. The second-order valence-electron chi connectivity index (χ2n) is 0.962. The SMILES string of the molecule is O=[C-]O.O=[C-]O.O=[C-]O.[CH-]=C/C=C\[CH]=[Co]. The van der Waals surface area contributed by atoms with Crippen molar-refractivity contribution in [3.05, 3.63) is 24.8 Å². The summed E-state index contributed by atoms with van der Waals surface area (Å²) in [6, 6.07) is 0. The quantitative estimate of drug-likeness (QED) is 0.464. The van der Waals surface area contributed by atoms with E-state index in [1.54, 1.807) is 17.1 Å². The van der Waals surface area contributed by atoms with Crippen LogP contribution in [-0.4, -0.2) is 39.7 Å². The maximum absolute atomic E-state index is 8.24. The maximum atomic E-state index is 8.24. The van der Waals surface area contributed by atoms with Crippen molar-refractivity contribution in [1.82, 2.24) is 0 Å². The summed E-state index contributed by atoms with van der Waals surface area (Å²) >= 11 is 3.81. The van der Waals surface area contributed by atoms with Crippen LogP contribution in [-0.2, 0) is 29.7 Å². The number of allylic oxidation sites excluding steroid dienone is 3. The number of aliphatic hydroxyl groups excluding tert-OH is 3. The van der Waals surface area contributed by atoms with Crippen LogP contribution in [0.5, 0.6) is 0 Å². The van der Waals surface area contributed by atoms with Gasteiger partial charge >= 0.3 is 45.1 Å². The van der Waals surface area contributed by atoms with Crippen molar-refractivity contribution in [2.24, 2.45) is 0 Å². The second kappa shape index (κ2) is 56.1. The van der Waals surface area contributed by atoms with Crippen molar-refractivity contribution in [2.45, 2.75) is 0 Å². The van der Waals surface area contributed by atoms with E-state index < -0.39 is 0 Å². The van der Waals surface area contributed by atoms with E-state index in [2.05, 4.69) is 15.3 Å². The average molecular weight is 259 g/mol. The molecule has 0 atom stereocenters. The first-order valence-electron chi connectivity index (χ1n) is 2.81. The molecule has 0 aromatic carbocycles. The molecule has 7 heteroatoms. The van der Waals surface area contributed by atoms with Crippen LogP contribution in [0.25, 0.3) is 0 Å². The summed E-state index contributed by atoms with van der Waals surface area (Å²) in [6.45, 7) is 6.45. The van der Waals surface area contributed by atoms with Crippen molar-refractivity contribution in [1.29, 1.82) is 0 Å². The molecule has 6 nitrogen and oxygen atoms in total. The molecule has 15 heavy (non-hydrogen) atoms.